The molecular formula is C18H24N2O4. The second kappa shape index (κ2) is 9.05. The van der Waals surface area contributed by atoms with E-state index in [1.165, 1.54) is 25.7 Å². The lowest BCUT2D eigenvalue weighted by atomic mass is 10.0. The Morgan fingerprint density at radius 3 is 2.38 bits per heavy atom. The predicted molar refractivity (Wildman–Crippen MR) is 89.2 cm³/mol. The van der Waals surface area contributed by atoms with Gasteiger partial charge in [0.25, 0.3) is 0 Å². The summed E-state index contributed by atoms with van der Waals surface area (Å²) in [4.78, 5) is 35.0. The molecule has 3 N–H and O–H groups in total. The van der Waals surface area contributed by atoms with E-state index in [1.54, 1.807) is 30.3 Å². The lowest BCUT2D eigenvalue weighted by molar-refractivity contribution is -0.141. The highest BCUT2D eigenvalue weighted by Crippen LogP contribution is 2.28. The molecule has 0 aliphatic heterocycles. The fraction of sp³-hybridized carbons (Fsp3) is 0.500. The van der Waals surface area contributed by atoms with Gasteiger partial charge in [0, 0.05) is 6.42 Å². The first kappa shape index (κ1) is 18.0. The van der Waals surface area contributed by atoms with Gasteiger partial charge in [0.15, 0.2) is 6.04 Å². The van der Waals surface area contributed by atoms with E-state index in [9.17, 15) is 19.5 Å². The Morgan fingerprint density at radius 1 is 1.08 bits per heavy atom. The number of carbonyl (C=O) groups is 3. The van der Waals surface area contributed by atoms with Crippen molar-refractivity contribution in [2.24, 2.45) is 5.92 Å². The van der Waals surface area contributed by atoms with Crippen molar-refractivity contribution in [1.29, 1.82) is 0 Å². The first-order valence-electron chi connectivity index (χ1n) is 8.40. The first-order valence-corrected chi connectivity index (χ1v) is 8.40. The van der Waals surface area contributed by atoms with Crippen LogP contribution < -0.4 is 10.6 Å². The van der Waals surface area contributed by atoms with Crippen molar-refractivity contribution >= 4 is 17.8 Å². The molecule has 1 fully saturated rings. The van der Waals surface area contributed by atoms with Crippen molar-refractivity contribution < 1.29 is 19.5 Å². The third-order valence-corrected chi connectivity index (χ3v) is 4.39. The molecule has 1 aromatic carbocycles. The Hall–Kier alpha value is -2.37. The molecule has 2 amide bonds. The minimum absolute atomic E-state index is 0.163. The van der Waals surface area contributed by atoms with Crippen LogP contribution in [0.2, 0.25) is 0 Å². The van der Waals surface area contributed by atoms with Crippen LogP contribution in [0.3, 0.4) is 0 Å². The molecule has 1 aliphatic rings. The SMILES string of the molecule is O=C(CCC1CCCC1)NCC(=O)NC(C(=O)O)c1ccccc1. The van der Waals surface area contributed by atoms with Crippen molar-refractivity contribution in [2.45, 2.75) is 44.6 Å². The van der Waals surface area contributed by atoms with E-state index in [-0.39, 0.29) is 12.5 Å². The van der Waals surface area contributed by atoms with Crippen molar-refractivity contribution in [3.8, 4) is 0 Å². The molecule has 0 aromatic heterocycles. The molecule has 0 radical (unpaired) electrons. The third-order valence-electron chi connectivity index (χ3n) is 4.39. The highest BCUT2D eigenvalue weighted by Gasteiger charge is 2.22. The Labute approximate surface area is 141 Å². The van der Waals surface area contributed by atoms with Gasteiger partial charge in [-0.1, -0.05) is 56.0 Å². The summed E-state index contributed by atoms with van der Waals surface area (Å²) in [6, 6.07) is 7.35. The molecule has 6 nitrogen and oxygen atoms in total. The molecule has 1 atom stereocenters. The number of benzene rings is 1. The molecule has 1 aliphatic carbocycles. The van der Waals surface area contributed by atoms with Crippen LogP contribution in [0.15, 0.2) is 30.3 Å². The summed E-state index contributed by atoms with van der Waals surface area (Å²) in [6.07, 6.45) is 6.12. The summed E-state index contributed by atoms with van der Waals surface area (Å²) in [5, 5.41) is 14.2. The van der Waals surface area contributed by atoms with Crippen molar-refractivity contribution in [3.63, 3.8) is 0 Å². The molecule has 0 saturated heterocycles. The number of nitrogens with one attached hydrogen (secondary N) is 2. The van der Waals surface area contributed by atoms with E-state index in [1.807, 2.05) is 0 Å². The van der Waals surface area contributed by atoms with Gasteiger partial charge in [-0.2, -0.15) is 0 Å². The van der Waals surface area contributed by atoms with Gasteiger partial charge in [0.1, 0.15) is 0 Å². The Morgan fingerprint density at radius 2 is 1.75 bits per heavy atom. The van der Waals surface area contributed by atoms with Crippen molar-refractivity contribution in [3.05, 3.63) is 35.9 Å². The van der Waals surface area contributed by atoms with Crippen LogP contribution in [0.5, 0.6) is 0 Å². The van der Waals surface area contributed by atoms with Gasteiger partial charge in [-0.05, 0) is 17.9 Å². The lowest BCUT2D eigenvalue weighted by Gasteiger charge is -2.15. The Bertz CT molecular complexity index is 568. The summed E-state index contributed by atoms with van der Waals surface area (Å²) in [6.45, 7) is -0.208. The molecule has 1 unspecified atom stereocenters. The second-order valence-electron chi connectivity index (χ2n) is 6.22. The van der Waals surface area contributed by atoms with E-state index in [0.717, 1.165) is 6.42 Å². The van der Waals surface area contributed by atoms with Gasteiger partial charge in [0.05, 0.1) is 6.54 Å². The first-order chi connectivity index (χ1) is 11.6. The highest BCUT2D eigenvalue weighted by molar-refractivity contribution is 5.88. The Balaban J connectivity index is 1.74. The largest absolute Gasteiger partial charge is 0.479 e. The molecule has 2 rings (SSSR count). The highest BCUT2D eigenvalue weighted by atomic mass is 16.4. The molecule has 24 heavy (non-hydrogen) atoms. The topological polar surface area (TPSA) is 95.5 Å². The van der Waals surface area contributed by atoms with E-state index in [4.69, 9.17) is 0 Å². The molecule has 6 heteroatoms. The zero-order chi connectivity index (χ0) is 17.4. The Kier molecular flexibility index (Phi) is 6.78. The quantitative estimate of drug-likeness (QED) is 0.678. The van der Waals surface area contributed by atoms with Gasteiger partial charge < -0.3 is 15.7 Å². The van der Waals surface area contributed by atoms with E-state index in [2.05, 4.69) is 10.6 Å². The van der Waals surface area contributed by atoms with Gasteiger partial charge in [-0.25, -0.2) is 4.79 Å². The van der Waals surface area contributed by atoms with Crippen molar-refractivity contribution in [1.82, 2.24) is 10.6 Å². The van der Waals surface area contributed by atoms with E-state index >= 15 is 0 Å². The normalized spacial score (nSPS) is 15.7. The zero-order valence-corrected chi connectivity index (χ0v) is 13.7. The van der Waals surface area contributed by atoms with Crippen LogP contribution in [-0.2, 0) is 14.4 Å². The summed E-state index contributed by atoms with van der Waals surface area (Å²) in [5.74, 6) is -1.19. The fourth-order valence-corrected chi connectivity index (χ4v) is 3.05. The fourth-order valence-electron chi connectivity index (χ4n) is 3.05. The molecule has 0 bridgehead atoms. The van der Waals surface area contributed by atoms with Gasteiger partial charge in [-0.15, -0.1) is 0 Å². The number of carbonyl (C=O) groups excluding carboxylic acids is 2. The summed E-state index contributed by atoms with van der Waals surface area (Å²) >= 11 is 0. The number of hydrogen-bond acceptors (Lipinski definition) is 3. The van der Waals surface area contributed by atoms with Crippen LogP contribution in [0, 0.1) is 5.92 Å². The molecule has 1 aromatic rings. The molecule has 0 heterocycles. The second-order valence-corrected chi connectivity index (χ2v) is 6.22. The average molecular weight is 332 g/mol. The summed E-state index contributed by atoms with van der Waals surface area (Å²) < 4.78 is 0. The van der Waals surface area contributed by atoms with E-state index in [0.29, 0.717) is 17.9 Å². The summed E-state index contributed by atoms with van der Waals surface area (Å²) in [5.41, 5.74) is 0.492. The van der Waals surface area contributed by atoms with Crippen LogP contribution in [0.1, 0.15) is 50.1 Å². The smallest absolute Gasteiger partial charge is 0.330 e. The number of rotatable bonds is 8. The van der Waals surface area contributed by atoms with Gasteiger partial charge in [0.2, 0.25) is 11.8 Å². The monoisotopic (exact) mass is 332 g/mol. The number of aliphatic carboxylic acids is 1. The van der Waals surface area contributed by atoms with Crippen LogP contribution in [-0.4, -0.2) is 29.4 Å². The third kappa shape index (κ3) is 5.68. The minimum Gasteiger partial charge on any atom is -0.479 e. The van der Waals surface area contributed by atoms with E-state index < -0.39 is 17.9 Å². The molecule has 1 saturated carbocycles. The number of carboxylic acids is 1. The standard InChI is InChI=1S/C18H24N2O4/c21-15(11-10-13-6-4-5-7-13)19-12-16(22)20-17(18(23)24)14-8-2-1-3-9-14/h1-3,8-9,13,17H,4-7,10-12H2,(H,19,21)(H,20,22)(H,23,24). The molecule has 0 spiro atoms. The maximum Gasteiger partial charge on any atom is 0.330 e. The van der Waals surface area contributed by atoms with Crippen LogP contribution in [0.4, 0.5) is 0 Å². The average Bonchev–Trinajstić information content (AvgIpc) is 3.10. The molecular weight excluding hydrogens is 308 g/mol. The maximum atomic E-state index is 11.9. The van der Waals surface area contributed by atoms with Gasteiger partial charge >= 0.3 is 5.97 Å². The summed E-state index contributed by atoms with van der Waals surface area (Å²) in [7, 11) is 0. The van der Waals surface area contributed by atoms with Crippen molar-refractivity contribution in [2.75, 3.05) is 6.54 Å². The zero-order valence-electron chi connectivity index (χ0n) is 13.7. The maximum absolute atomic E-state index is 11.9. The molecule has 130 valence electrons. The van der Waals surface area contributed by atoms with Gasteiger partial charge in [-0.3, -0.25) is 9.59 Å². The predicted octanol–water partition coefficient (Wildman–Crippen LogP) is 2.02. The number of amides is 2. The minimum atomic E-state index is -1.14. The van der Waals surface area contributed by atoms with Crippen LogP contribution in [0.25, 0.3) is 0 Å². The lowest BCUT2D eigenvalue weighted by Crippen LogP contribution is -2.41. The number of hydrogen-bond donors (Lipinski definition) is 3. The number of carboxylic acid groups (broad SMARTS) is 1. The van der Waals surface area contributed by atoms with Crippen LogP contribution >= 0.6 is 0 Å².